The summed E-state index contributed by atoms with van der Waals surface area (Å²) in [5.41, 5.74) is 0.131. The molecule has 1 aromatic heterocycles. The number of ether oxygens (including phenoxy) is 1. The minimum Gasteiger partial charge on any atom is -0.381 e. The van der Waals surface area contributed by atoms with E-state index < -0.39 is 5.41 Å². The fourth-order valence-corrected chi connectivity index (χ4v) is 3.31. The lowest BCUT2D eigenvalue weighted by atomic mass is 9.73. The Morgan fingerprint density at radius 3 is 2.83 bits per heavy atom. The molecule has 1 aliphatic heterocycles. The molecule has 1 aromatic carbocycles. The molecule has 1 aliphatic rings. The van der Waals surface area contributed by atoms with Crippen molar-refractivity contribution in [3.8, 4) is 0 Å². The van der Waals surface area contributed by atoms with Gasteiger partial charge in [-0.1, -0.05) is 29.8 Å². The number of hydrogen-bond donors (Lipinski definition) is 1. The van der Waals surface area contributed by atoms with E-state index in [0.29, 0.717) is 43.6 Å². The van der Waals surface area contributed by atoms with Crippen molar-refractivity contribution in [2.45, 2.75) is 31.7 Å². The number of carbonyl (C=O) groups is 1. The molecule has 122 valence electrons. The third-order valence-electron chi connectivity index (χ3n) is 4.35. The predicted octanol–water partition coefficient (Wildman–Crippen LogP) is 2.64. The van der Waals surface area contributed by atoms with Crippen molar-refractivity contribution in [2.24, 2.45) is 0 Å². The number of amides is 1. The van der Waals surface area contributed by atoms with Crippen LogP contribution in [-0.4, -0.2) is 33.9 Å². The van der Waals surface area contributed by atoms with Gasteiger partial charge in [0.2, 0.25) is 11.9 Å². The first kappa shape index (κ1) is 16.0. The van der Waals surface area contributed by atoms with Crippen molar-refractivity contribution in [1.29, 1.82) is 0 Å². The Bertz CT molecular complexity index is 695. The Morgan fingerprint density at radius 2 is 2.13 bits per heavy atom. The number of benzene rings is 1. The molecule has 0 spiro atoms. The summed E-state index contributed by atoms with van der Waals surface area (Å²) in [5, 5.41) is 11.4. The lowest BCUT2D eigenvalue weighted by Crippen LogP contribution is -2.45. The Morgan fingerprint density at radius 1 is 1.39 bits per heavy atom. The number of hydrogen-bond acceptors (Lipinski definition) is 4. The van der Waals surface area contributed by atoms with E-state index in [-0.39, 0.29) is 5.91 Å². The predicted molar refractivity (Wildman–Crippen MR) is 87.5 cm³/mol. The molecule has 3 rings (SSSR count). The standard InChI is InChI=1S/C16H19ClN4O2/c1-2-21-11-18-20-15(21)19-14(22)16(7-9-23-10-8-16)12-5-3-4-6-13(12)17/h3-6,11H,2,7-10H2,1H3,(H,19,20,22). The Labute approximate surface area is 139 Å². The van der Waals surface area contributed by atoms with E-state index in [0.717, 1.165) is 5.56 Å². The van der Waals surface area contributed by atoms with Gasteiger partial charge in [0.05, 0.1) is 5.41 Å². The van der Waals surface area contributed by atoms with Crippen molar-refractivity contribution < 1.29 is 9.53 Å². The molecule has 2 aromatic rings. The maximum Gasteiger partial charge on any atom is 0.237 e. The topological polar surface area (TPSA) is 69.0 Å². The second kappa shape index (κ2) is 6.68. The number of nitrogens with zero attached hydrogens (tertiary/aromatic N) is 3. The second-order valence-electron chi connectivity index (χ2n) is 5.57. The molecule has 0 saturated carbocycles. The number of rotatable bonds is 4. The van der Waals surface area contributed by atoms with Gasteiger partial charge in [-0.3, -0.25) is 10.1 Å². The summed E-state index contributed by atoms with van der Waals surface area (Å²) in [6.45, 7) is 3.71. The summed E-state index contributed by atoms with van der Waals surface area (Å²) in [6, 6.07) is 7.50. The smallest absolute Gasteiger partial charge is 0.237 e. The summed E-state index contributed by atoms with van der Waals surface area (Å²) in [4.78, 5) is 13.1. The molecule has 1 fully saturated rings. The van der Waals surface area contributed by atoms with Gasteiger partial charge in [-0.05, 0) is 31.4 Å². The molecule has 1 saturated heterocycles. The lowest BCUT2D eigenvalue weighted by molar-refractivity contribution is -0.125. The van der Waals surface area contributed by atoms with E-state index in [1.165, 1.54) is 0 Å². The number of carbonyl (C=O) groups excluding carboxylic acids is 1. The molecular formula is C16H19ClN4O2. The molecule has 0 unspecified atom stereocenters. The lowest BCUT2D eigenvalue weighted by Gasteiger charge is -2.36. The molecule has 0 aliphatic carbocycles. The molecule has 7 heteroatoms. The van der Waals surface area contributed by atoms with Gasteiger partial charge in [0.1, 0.15) is 6.33 Å². The molecule has 23 heavy (non-hydrogen) atoms. The summed E-state index contributed by atoms with van der Waals surface area (Å²) < 4.78 is 7.25. The van der Waals surface area contributed by atoms with Gasteiger partial charge in [0.25, 0.3) is 0 Å². The molecular weight excluding hydrogens is 316 g/mol. The largest absolute Gasteiger partial charge is 0.381 e. The van der Waals surface area contributed by atoms with Gasteiger partial charge in [-0.2, -0.15) is 0 Å². The summed E-state index contributed by atoms with van der Waals surface area (Å²) in [5.74, 6) is 0.340. The minimum atomic E-state index is -0.707. The van der Waals surface area contributed by atoms with E-state index in [1.807, 2.05) is 31.2 Å². The van der Waals surface area contributed by atoms with Crippen molar-refractivity contribution in [2.75, 3.05) is 18.5 Å². The van der Waals surface area contributed by atoms with Crippen LogP contribution in [0.3, 0.4) is 0 Å². The highest BCUT2D eigenvalue weighted by Crippen LogP contribution is 2.39. The summed E-state index contributed by atoms with van der Waals surface area (Å²) in [7, 11) is 0. The monoisotopic (exact) mass is 334 g/mol. The first-order chi connectivity index (χ1) is 11.2. The quantitative estimate of drug-likeness (QED) is 0.933. The highest BCUT2D eigenvalue weighted by Gasteiger charge is 2.43. The van der Waals surface area contributed by atoms with Crippen LogP contribution in [0.2, 0.25) is 5.02 Å². The van der Waals surface area contributed by atoms with E-state index in [2.05, 4.69) is 15.5 Å². The van der Waals surface area contributed by atoms with Gasteiger partial charge < -0.3 is 9.30 Å². The van der Waals surface area contributed by atoms with Gasteiger partial charge in [0, 0.05) is 24.8 Å². The molecule has 0 bridgehead atoms. The SMILES string of the molecule is CCn1cnnc1NC(=O)C1(c2ccccc2Cl)CCOCC1. The van der Waals surface area contributed by atoms with Crippen molar-refractivity contribution >= 4 is 23.5 Å². The zero-order valence-electron chi connectivity index (χ0n) is 13.0. The first-order valence-corrected chi connectivity index (χ1v) is 8.07. The average molecular weight is 335 g/mol. The zero-order valence-corrected chi connectivity index (χ0v) is 13.7. The van der Waals surface area contributed by atoms with Crippen LogP contribution in [0.15, 0.2) is 30.6 Å². The molecule has 0 atom stereocenters. The molecule has 6 nitrogen and oxygen atoms in total. The molecule has 0 radical (unpaired) electrons. The van der Waals surface area contributed by atoms with Gasteiger partial charge in [-0.25, -0.2) is 0 Å². The van der Waals surface area contributed by atoms with Crippen LogP contribution < -0.4 is 5.32 Å². The van der Waals surface area contributed by atoms with Crippen LogP contribution in [0, 0.1) is 0 Å². The number of nitrogens with one attached hydrogen (secondary N) is 1. The maximum atomic E-state index is 13.1. The normalized spacial score (nSPS) is 17.0. The molecule has 1 amide bonds. The van der Waals surface area contributed by atoms with Crippen LogP contribution >= 0.6 is 11.6 Å². The highest BCUT2D eigenvalue weighted by atomic mass is 35.5. The number of anilines is 1. The number of halogens is 1. The van der Waals surface area contributed by atoms with Crippen LogP contribution in [-0.2, 0) is 21.5 Å². The second-order valence-corrected chi connectivity index (χ2v) is 5.98. The third-order valence-corrected chi connectivity index (χ3v) is 4.68. The summed E-state index contributed by atoms with van der Waals surface area (Å²) in [6.07, 6.45) is 2.77. The average Bonchev–Trinajstić information content (AvgIpc) is 3.03. The fourth-order valence-electron chi connectivity index (χ4n) is 2.99. The Kier molecular flexibility index (Phi) is 4.63. The van der Waals surface area contributed by atoms with Crippen LogP contribution in [0.4, 0.5) is 5.95 Å². The number of aromatic nitrogens is 3. The minimum absolute atomic E-state index is 0.114. The molecule has 2 heterocycles. The van der Waals surface area contributed by atoms with Crippen molar-refractivity contribution in [1.82, 2.24) is 14.8 Å². The highest BCUT2D eigenvalue weighted by molar-refractivity contribution is 6.31. The van der Waals surface area contributed by atoms with Crippen molar-refractivity contribution in [3.63, 3.8) is 0 Å². The van der Waals surface area contributed by atoms with Gasteiger partial charge in [0.15, 0.2) is 0 Å². The Hall–Kier alpha value is -1.92. The van der Waals surface area contributed by atoms with Gasteiger partial charge in [-0.15, -0.1) is 10.2 Å². The van der Waals surface area contributed by atoms with Crippen LogP contribution in [0.5, 0.6) is 0 Å². The van der Waals surface area contributed by atoms with Crippen LogP contribution in [0.25, 0.3) is 0 Å². The van der Waals surface area contributed by atoms with E-state index in [4.69, 9.17) is 16.3 Å². The fraction of sp³-hybridized carbons (Fsp3) is 0.438. The van der Waals surface area contributed by atoms with Gasteiger partial charge >= 0.3 is 0 Å². The number of aryl methyl sites for hydroxylation is 1. The Balaban J connectivity index is 1.96. The van der Waals surface area contributed by atoms with Crippen molar-refractivity contribution in [3.05, 3.63) is 41.2 Å². The first-order valence-electron chi connectivity index (χ1n) is 7.69. The van der Waals surface area contributed by atoms with E-state index in [1.54, 1.807) is 10.9 Å². The van der Waals surface area contributed by atoms with E-state index >= 15 is 0 Å². The van der Waals surface area contributed by atoms with Crippen LogP contribution in [0.1, 0.15) is 25.3 Å². The maximum absolute atomic E-state index is 13.1. The zero-order chi connectivity index (χ0) is 16.3. The van der Waals surface area contributed by atoms with E-state index in [9.17, 15) is 4.79 Å². The molecule has 1 N–H and O–H groups in total. The third kappa shape index (κ3) is 2.96. The summed E-state index contributed by atoms with van der Waals surface area (Å²) >= 11 is 6.38.